The fourth-order valence-electron chi connectivity index (χ4n) is 2.06. The molecule has 0 aliphatic rings. The molecule has 0 fully saturated rings. The minimum atomic E-state index is 0.0348. The molecule has 0 saturated carbocycles. The van der Waals surface area contributed by atoms with Gasteiger partial charge in [-0.2, -0.15) is 0 Å². The van der Waals surface area contributed by atoms with Gasteiger partial charge in [0.2, 0.25) is 5.91 Å². The van der Waals surface area contributed by atoms with Crippen LogP contribution in [0, 0.1) is 0 Å². The lowest BCUT2D eigenvalue weighted by molar-refractivity contribution is -0.129. The number of benzene rings is 1. The van der Waals surface area contributed by atoms with E-state index in [1.54, 1.807) is 17.1 Å². The van der Waals surface area contributed by atoms with Crippen LogP contribution in [0.2, 0.25) is 0 Å². The van der Waals surface area contributed by atoms with Crippen molar-refractivity contribution in [2.75, 3.05) is 13.1 Å². The maximum absolute atomic E-state index is 12.2. The van der Waals surface area contributed by atoms with Gasteiger partial charge in [0.05, 0.1) is 17.6 Å². The first-order chi connectivity index (χ1) is 9.74. The molecule has 0 bridgehead atoms. The summed E-state index contributed by atoms with van der Waals surface area (Å²) < 4.78 is 0. The standard InChI is InChI=1S/C17H18N2O/c1-3-11-19(12-4-2)17(20)13-15-10-9-14-7-5-6-8-16(14)18-15/h3-10H,1-2,11-13H2. The van der Waals surface area contributed by atoms with Crippen molar-refractivity contribution in [2.24, 2.45) is 0 Å². The average Bonchev–Trinajstić information content (AvgIpc) is 2.47. The van der Waals surface area contributed by atoms with E-state index in [4.69, 9.17) is 0 Å². The van der Waals surface area contributed by atoms with Crippen LogP contribution in [0.3, 0.4) is 0 Å². The molecule has 0 N–H and O–H groups in total. The van der Waals surface area contributed by atoms with Crippen LogP contribution in [-0.4, -0.2) is 28.9 Å². The highest BCUT2D eigenvalue weighted by atomic mass is 16.2. The SMILES string of the molecule is C=CCN(CC=C)C(=O)Cc1ccc2ccccc2n1. The molecular formula is C17H18N2O. The van der Waals surface area contributed by atoms with Crippen LogP contribution >= 0.6 is 0 Å². The molecule has 3 heteroatoms. The van der Waals surface area contributed by atoms with E-state index in [-0.39, 0.29) is 5.91 Å². The third-order valence-corrected chi connectivity index (χ3v) is 3.04. The fourth-order valence-corrected chi connectivity index (χ4v) is 2.06. The molecule has 1 amide bonds. The maximum atomic E-state index is 12.2. The molecule has 2 rings (SSSR count). The second-order valence-corrected chi connectivity index (χ2v) is 4.55. The smallest absolute Gasteiger partial charge is 0.229 e. The van der Waals surface area contributed by atoms with Crippen molar-refractivity contribution in [1.29, 1.82) is 0 Å². The predicted octanol–water partition coefficient (Wildman–Crippen LogP) is 2.98. The molecule has 102 valence electrons. The van der Waals surface area contributed by atoms with Gasteiger partial charge in [-0.15, -0.1) is 13.2 Å². The Morgan fingerprint density at radius 2 is 1.80 bits per heavy atom. The van der Waals surface area contributed by atoms with E-state index in [9.17, 15) is 4.79 Å². The molecule has 0 radical (unpaired) electrons. The van der Waals surface area contributed by atoms with Gasteiger partial charge < -0.3 is 4.90 Å². The molecule has 0 saturated heterocycles. The number of aromatic nitrogens is 1. The lowest BCUT2D eigenvalue weighted by atomic mass is 10.1. The zero-order valence-corrected chi connectivity index (χ0v) is 11.5. The summed E-state index contributed by atoms with van der Waals surface area (Å²) in [4.78, 5) is 18.4. The van der Waals surface area contributed by atoms with Crippen LogP contribution in [-0.2, 0) is 11.2 Å². The number of para-hydroxylation sites is 1. The molecule has 1 aromatic carbocycles. The highest BCUT2D eigenvalue weighted by molar-refractivity contribution is 5.81. The first-order valence-corrected chi connectivity index (χ1v) is 6.59. The Balaban J connectivity index is 2.15. The molecular weight excluding hydrogens is 248 g/mol. The van der Waals surface area contributed by atoms with E-state index >= 15 is 0 Å². The minimum absolute atomic E-state index is 0.0348. The van der Waals surface area contributed by atoms with Gasteiger partial charge in [-0.1, -0.05) is 36.4 Å². The van der Waals surface area contributed by atoms with Crippen LogP contribution in [0.25, 0.3) is 10.9 Å². The summed E-state index contributed by atoms with van der Waals surface area (Å²) in [5.74, 6) is 0.0348. The molecule has 0 aliphatic carbocycles. The van der Waals surface area contributed by atoms with E-state index in [0.29, 0.717) is 19.5 Å². The zero-order chi connectivity index (χ0) is 14.4. The molecule has 3 nitrogen and oxygen atoms in total. The zero-order valence-electron chi connectivity index (χ0n) is 11.5. The van der Waals surface area contributed by atoms with Gasteiger partial charge in [-0.25, -0.2) is 0 Å². The van der Waals surface area contributed by atoms with Gasteiger partial charge in [-0.05, 0) is 12.1 Å². The van der Waals surface area contributed by atoms with Crippen molar-refractivity contribution < 1.29 is 4.79 Å². The molecule has 1 heterocycles. The van der Waals surface area contributed by atoms with Crippen LogP contribution in [0.1, 0.15) is 5.69 Å². The van der Waals surface area contributed by atoms with Crippen molar-refractivity contribution in [3.05, 3.63) is 67.4 Å². The molecule has 1 aromatic heterocycles. The first kappa shape index (κ1) is 14.0. The molecule has 2 aromatic rings. The monoisotopic (exact) mass is 266 g/mol. The Labute approximate surface area is 119 Å². The van der Waals surface area contributed by atoms with Gasteiger partial charge in [0.15, 0.2) is 0 Å². The van der Waals surface area contributed by atoms with E-state index in [1.807, 2.05) is 36.4 Å². The van der Waals surface area contributed by atoms with Gasteiger partial charge in [0.1, 0.15) is 0 Å². The second-order valence-electron chi connectivity index (χ2n) is 4.55. The third kappa shape index (κ3) is 3.32. The molecule has 0 atom stereocenters. The molecule has 0 unspecified atom stereocenters. The highest BCUT2D eigenvalue weighted by Crippen LogP contribution is 2.12. The number of amides is 1. The van der Waals surface area contributed by atoms with Crippen LogP contribution in [0.15, 0.2) is 61.7 Å². The van der Waals surface area contributed by atoms with Crippen molar-refractivity contribution >= 4 is 16.8 Å². The Hall–Kier alpha value is -2.42. The number of hydrogen-bond donors (Lipinski definition) is 0. The first-order valence-electron chi connectivity index (χ1n) is 6.59. The Kier molecular flexibility index (Phi) is 4.66. The summed E-state index contributed by atoms with van der Waals surface area (Å²) in [5.41, 5.74) is 1.70. The highest BCUT2D eigenvalue weighted by Gasteiger charge is 2.12. The molecule has 0 aliphatic heterocycles. The number of hydrogen-bond acceptors (Lipinski definition) is 2. The van der Waals surface area contributed by atoms with E-state index in [1.165, 1.54) is 0 Å². The topological polar surface area (TPSA) is 33.2 Å². The number of pyridine rings is 1. The Morgan fingerprint density at radius 1 is 1.10 bits per heavy atom. The molecule has 0 spiro atoms. The van der Waals surface area contributed by atoms with Crippen LogP contribution in [0.4, 0.5) is 0 Å². The van der Waals surface area contributed by atoms with E-state index < -0.39 is 0 Å². The lowest BCUT2D eigenvalue weighted by Gasteiger charge is -2.19. The fraction of sp³-hybridized carbons (Fsp3) is 0.176. The average molecular weight is 266 g/mol. The Bertz CT molecular complexity index is 624. The summed E-state index contributed by atoms with van der Waals surface area (Å²) in [5, 5.41) is 1.08. The lowest BCUT2D eigenvalue weighted by Crippen LogP contribution is -2.32. The summed E-state index contributed by atoms with van der Waals surface area (Å²) in [6.45, 7) is 8.39. The van der Waals surface area contributed by atoms with E-state index in [2.05, 4.69) is 18.1 Å². The van der Waals surface area contributed by atoms with Crippen molar-refractivity contribution in [3.8, 4) is 0 Å². The van der Waals surface area contributed by atoms with Gasteiger partial charge in [-0.3, -0.25) is 9.78 Å². The summed E-state index contributed by atoms with van der Waals surface area (Å²) >= 11 is 0. The number of rotatable bonds is 6. The third-order valence-electron chi connectivity index (χ3n) is 3.04. The van der Waals surface area contributed by atoms with Crippen LogP contribution in [0.5, 0.6) is 0 Å². The van der Waals surface area contributed by atoms with Crippen molar-refractivity contribution in [2.45, 2.75) is 6.42 Å². The Morgan fingerprint density at radius 3 is 2.50 bits per heavy atom. The quantitative estimate of drug-likeness (QED) is 0.753. The van der Waals surface area contributed by atoms with Gasteiger partial charge in [0.25, 0.3) is 0 Å². The normalized spacial score (nSPS) is 10.2. The largest absolute Gasteiger partial charge is 0.335 e. The number of carbonyl (C=O) groups excluding carboxylic acids is 1. The number of carbonyl (C=O) groups is 1. The van der Waals surface area contributed by atoms with Crippen molar-refractivity contribution in [3.63, 3.8) is 0 Å². The summed E-state index contributed by atoms with van der Waals surface area (Å²) in [7, 11) is 0. The summed E-state index contributed by atoms with van der Waals surface area (Å²) in [6, 6.07) is 11.8. The molecule has 20 heavy (non-hydrogen) atoms. The summed E-state index contributed by atoms with van der Waals surface area (Å²) in [6.07, 6.45) is 3.73. The predicted molar refractivity (Wildman–Crippen MR) is 82.4 cm³/mol. The maximum Gasteiger partial charge on any atom is 0.229 e. The van der Waals surface area contributed by atoms with Crippen LogP contribution < -0.4 is 0 Å². The van der Waals surface area contributed by atoms with Gasteiger partial charge >= 0.3 is 0 Å². The van der Waals surface area contributed by atoms with E-state index in [0.717, 1.165) is 16.6 Å². The second kappa shape index (κ2) is 6.66. The van der Waals surface area contributed by atoms with Crippen molar-refractivity contribution in [1.82, 2.24) is 9.88 Å². The number of nitrogens with zero attached hydrogens (tertiary/aromatic N) is 2. The van der Waals surface area contributed by atoms with Gasteiger partial charge in [0, 0.05) is 18.5 Å². The number of fused-ring (bicyclic) bond motifs is 1. The minimum Gasteiger partial charge on any atom is -0.335 e.